The van der Waals surface area contributed by atoms with Gasteiger partial charge in [-0.3, -0.25) is 0 Å². The number of hydrogen-bond acceptors (Lipinski definition) is 1. The van der Waals surface area contributed by atoms with Crippen molar-refractivity contribution in [2.75, 3.05) is 4.90 Å². The highest BCUT2D eigenvalue weighted by molar-refractivity contribution is 6.11. The quantitative estimate of drug-likeness (QED) is 0.143. The first-order valence-corrected chi connectivity index (χ1v) is 20.4. The van der Waals surface area contributed by atoms with Crippen LogP contribution in [0, 0.1) is 0 Å². The zero-order valence-corrected chi connectivity index (χ0v) is 32.9. The summed E-state index contributed by atoms with van der Waals surface area (Å²) in [5, 5.41) is 4.95. The summed E-state index contributed by atoms with van der Waals surface area (Å²) in [5.41, 5.74) is 15.6. The first-order chi connectivity index (χ1) is 28.6. The molecule has 0 aliphatic heterocycles. The van der Waals surface area contributed by atoms with Gasteiger partial charge in [-0.25, -0.2) is 0 Å². The van der Waals surface area contributed by atoms with Gasteiger partial charge in [0.2, 0.25) is 0 Å². The molecule has 278 valence electrons. The third-order valence-electron chi connectivity index (χ3n) is 11.9. The van der Waals surface area contributed by atoms with Crippen LogP contribution in [0.15, 0.2) is 212 Å². The number of rotatable bonds is 9. The largest absolute Gasteiger partial charge is 0.310 e. The molecule has 9 aromatic carbocycles. The van der Waals surface area contributed by atoms with E-state index in [0.29, 0.717) is 5.92 Å². The molecule has 2 heteroatoms. The summed E-state index contributed by atoms with van der Waals surface area (Å²) >= 11 is 0. The number of anilines is 3. The van der Waals surface area contributed by atoms with E-state index in [0.717, 1.165) is 29.2 Å². The smallest absolute Gasteiger partial charge is 0.0541 e. The second-order valence-corrected chi connectivity index (χ2v) is 15.4. The summed E-state index contributed by atoms with van der Waals surface area (Å²) in [5.74, 6) is 0.557. The van der Waals surface area contributed by atoms with Crippen molar-refractivity contribution in [2.45, 2.75) is 26.2 Å². The van der Waals surface area contributed by atoms with Gasteiger partial charge in [0.1, 0.15) is 0 Å². The van der Waals surface area contributed by atoms with Crippen molar-refractivity contribution >= 4 is 49.6 Å². The Morgan fingerprint density at radius 1 is 0.397 bits per heavy atom. The molecule has 2 nitrogen and oxygen atoms in total. The number of nitrogens with zero attached hydrogens (tertiary/aromatic N) is 2. The molecule has 10 rings (SSSR count). The van der Waals surface area contributed by atoms with Crippen molar-refractivity contribution < 1.29 is 0 Å². The average Bonchev–Trinajstić information content (AvgIpc) is 3.63. The Labute approximate surface area is 340 Å². The summed E-state index contributed by atoms with van der Waals surface area (Å²) in [4.78, 5) is 2.36. The summed E-state index contributed by atoms with van der Waals surface area (Å²) in [6.45, 7) is 4.56. The van der Waals surface area contributed by atoms with E-state index in [2.05, 4.69) is 236 Å². The summed E-state index contributed by atoms with van der Waals surface area (Å²) in [7, 11) is 0. The fourth-order valence-corrected chi connectivity index (χ4v) is 8.48. The molecule has 1 unspecified atom stereocenters. The topological polar surface area (TPSA) is 8.17 Å². The van der Waals surface area contributed by atoms with Crippen LogP contribution in [0.5, 0.6) is 0 Å². The van der Waals surface area contributed by atoms with Crippen molar-refractivity contribution in [3.63, 3.8) is 0 Å². The van der Waals surface area contributed by atoms with Gasteiger partial charge in [-0.2, -0.15) is 0 Å². The number of benzene rings is 9. The predicted octanol–water partition coefficient (Wildman–Crippen LogP) is 15.9. The van der Waals surface area contributed by atoms with Crippen molar-refractivity contribution in [1.82, 2.24) is 4.57 Å². The first-order valence-electron chi connectivity index (χ1n) is 20.4. The maximum Gasteiger partial charge on any atom is 0.0541 e. The Balaban J connectivity index is 1.06. The highest BCUT2D eigenvalue weighted by atomic mass is 15.1. The number of fused-ring (bicyclic) bond motifs is 4. The predicted molar refractivity (Wildman–Crippen MR) is 248 cm³/mol. The monoisotopic (exact) mass is 744 g/mol. The molecule has 0 bridgehead atoms. The van der Waals surface area contributed by atoms with E-state index >= 15 is 0 Å². The molecule has 0 saturated heterocycles. The molecule has 1 aromatic heterocycles. The van der Waals surface area contributed by atoms with Crippen molar-refractivity contribution in [1.29, 1.82) is 0 Å². The molecule has 0 amide bonds. The van der Waals surface area contributed by atoms with Gasteiger partial charge in [-0.05, 0) is 135 Å². The van der Waals surface area contributed by atoms with Gasteiger partial charge in [0.15, 0.2) is 0 Å². The SMILES string of the molecule is CCC(C)c1ccc(-c2ccc3c(c2)c2cc(-c4ccc(N(c5ccc(-c6ccccc6)cc5)c5ccc6ccccc6c5)cc4)ccc2n3-c2ccccc2)cc1. The summed E-state index contributed by atoms with van der Waals surface area (Å²) in [6, 6.07) is 77.6. The lowest BCUT2D eigenvalue weighted by molar-refractivity contribution is 0.734. The van der Waals surface area contributed by atoms with E-state index in [-0.39, 0.29) is 0 Å². The van der Waals surface area contributed by atoms with E-state index in [4.69, 9.17) is 0 Å². The van der Waals surface area contributed by atoms with Crippen LogP contribution < -0.4 is 4.90 Å². The first kappa shape index (κ1) is 35.3. The Kier molecular flexibility index (Phi) is 9.16. The van der Waals surface area contributed by atoms with Gasteiger partial charge in [0.25, 0.3) is 0 Å². The highest BCUT2D eigenvalue weighted by Crippen LogP contribution is 2.40. The van der Waals surface area contributed by atoms with E-state index in [1.54, 1.807) is 0 Å². The molecule has 0 N–H and O–H groups in total. The maximum absolute atomic E-state index is 2.40. The van der Waals surface area contributed by atoms with Crippen LogP contribution in [0.2, 0.25) is 0 Å². The molecule has 0 spiro atoms. The molecule has 0 aliphatic carbocycles. The minimum atomic E-state index is 0.557. The second-order valence-electron chi connectivity index (χ2n) is 15.4. The lowest BCUT2D eigenvalue weighted by Crippen LogP contribution is -2.09. The number of hydrogen-bond donors (Lipinski definition) is 0. The van der Waals surface area contributed by atoms with Gasteiger partial charge >= 0.3 is 0 Å². The Hall–Kier alpha value is -7.16. The van der Waals surface area contributed by atoms with E-state index in [9.17, 15) is 0 Å². The molecule has 0 fully saturated rings. The van der Waals surface area contributed by atoms with Gasteiger partial charge in [0.05, 0.1) is 11.0 Å². The summed E-state index contributed by atoms with van der Waals surface area (Å²) in [6.07, 6.45) is 1.14. The van der Waals surface area contributed by atoms with E-state index in [1.165, 1.54) is 71.5 Å². The summed E-state index contributed by atoms with van der Waals surface area (Å²) < 4.78 is 2.40. The standard InChI is InChI=1S/C56H44N2/c1-3-39(2)40-18-20-44(21-19-40)47-27-34-55-53(37-47)54-38-48(28-35-56(54)58(55)49-16-8-5-9-17-49)45-24-31-51(32-25-45)57(52-33-26-42-14-10-11-15-46(42)36-52)50-29-22-43(23-30-50)41-12-6-4-7-13-41/h4-39H,3H2,1-2H3. The van der Waals surface area contributed by atoms with Gasteiger partial charge in [-0.15, -0.1) is 0 Å². The van der Waals surface area contributed by atoms with Crippen LogP contribution in [0.3, 0.4) is 0 Å². The van der Waals surface area contributed by atoms with Crippen molar-refractivity contribution in [3.8, 4) is 39.1 Å². The van der Waals surface area contributed by atoms with Crippen LogP contribution in [-0.4, -0.2) is 4.57 Å². The van der Waals surface area contributed by atoms with Crippen LogP contribution in [-0.2, 0) is 0 Å². The minimum absolute atomic E-state index is 0.557. The van der Waals surface area contributed by atoms with Gasteiger partial charge in [-0.1, -0.05) is 153 Å². The minimum Gasteiger partial charge on any atom is -0.310 e. The fourth-order valence-electron chi connectivity index (χ4n) is 8.48. The number of aromatic nitrogens is 1. The fraction of sp³-hybridized carbons (Fsp3) is 0.0714. The molecule has 1 atom stereocenters. The van der Waals surface area contributed by atoms with Crippen LogP contribution in [0.25, 0.3) is 71.6 Å². The zero-order valence-electron chi connectivity index (χ0n) is 32.9. The molecule has 0 radical (unpaired) electrons. The maximum atomic E-state index is 2.40. The third kappa shape index (κ3) is 6.53. The molecule has 58 heavy (non-hydrogen) atoms. The average molecular weight is 745 g/mol. The van der Waals surface area contributed by atoms with Gasteiger partial charge in [0, 0.05) is 33.5 Å². The second kappa shape index (κ2) is 15.1. The van der Waals surface area contributed by atoms with Gasteiger partial charge < -0.3 is 9.47 Å². The molecule has 0 aliphatic rings. The molecule has 10 aromatic rings. The lowest BCUT2D eigenvalue weighted by atomic mass is 9.95. The molecular weight excluding hydrogens is 701 g/mol. The van der Waals surface area contributed by atoms with Crippen LogP contribution in [0.4, 0.5) is 17.1 Å². The Bertz CT molecular complexity index is 3010. The van der Waals surface area contributed by atoms with E-state index in [1.807, 2.05) is 0 Å². The molecule has 1 heterocycles. The van der Waals surface area contributed by atoms with E-state index < -0.39 is 0 Å². The van der Waals surface area contributed by atoms with Crippen molar-refractivity contribution in [3.05, 3.63) is 218 Å². The Morgan fingerprint density at radius 2 is 0.845 bits per heavy atom. The highest BCUT2D eigenvalue weighted by Gasteiger charge is 2.17. The molecular formula is C56H44N2. The number of para-hydroxylation sites is 1. The van der Waals surface area contributed by atoms with Crippen LogP contribution >= 0.6 is 0 Å². The normalized spacial score (nSPS) is 12.0. The molecule has 0 saturated carbocycles. The third-order valence-corrected chi connectivity index (χ3v) is 11.9. The zero-order chi connectivity index (χ0) is 39.0. The van der Waals surface area contributed by atoms with Crippen molar-refractivity contribution in [2.24, 2.45) is 0 Å². The Morgan fingerprint density at radius 3 is 1.41 bits per heavy atom. The lowest BCUT2D eigenvalue weighted by Gasteiger charge is -2.26. The van der Waals surface area contributed by atoms with Crippen LogP contribution in [0.1, 0.15) is 31.7 Å².